The van der Waals surface area contributed by atoms with Gasteiger partial charge in [0.25, 0.3) is 0 Å². The molecule has 0 unspecified atom stereocenters. The lowest BCUT2D eigenvalue weighted by atomic mass is 9.95. The van der Waals surface area contributed by atoms with Crippen LogP contribution >= 0.6 is 0 Å². The number of rotatable bonds is 6. The van der Waals surface area contributed by atoms with Crippen molar-refractivity contribution in [3.8, 4) is 16.9 Å². The number of hydrogen-bond donors (Lipinski definition) is 1. The minimum Gasteiger partial charge on any atom is -0.434 e. The second-order valence-electron chi connectivity index (χ2n) is 10.9. The van der Waals surface area contributed by atoms with Crippen molar-refractivity contribution in [2.75, 3.05) is 4.31 Å². The Labute approximate surface area is 227 Å². The zero-order valence-corrected chi connectivity index (χ0v) is 22.2. The van der Waals surface area contributed by atoms with Gasteiger partial charge in [-0.15, -0.1) is 0 Å². The van der Waals surface area contributed by atoms with E-state index in [-0.39, 0.29) is 23.6 Å². The van der Waals surface area contributed by atoms with E-state index in [1.165, 1.54) is 34.9 Å². The summed E-state index contributed by atoms with van der Waals surface area (Å²) >= 11 is 0. The number of fused-ring (bicyclic) bond motifs is 3. The lowest BCUT2D eigenvalue weighted by molar-refractivity contribution is -0.0506. The van der Waals surface area contributed by atoms with Crippen LogP contribution in [0.5, 0.6) is 5.75 Å². The number of alkyl halides is 2. The Morgan fingerprint density at radius 2 is 1.85 bits per heavy atom. The molecule has 1 fully saturated rings. The number of imidazole rings is 1. The molecule has 2 atom stereocenters. The number of sulfonamides is 1. The summed E-state index contributed by atoms with van der Waals surface area (Å²) in [5.41, 5.74) is 0.701. The highest BCUT2D eigenvalue weighted by atomic mass is 32.2. The third-order valence-electron chi connectivity index (χ3n) is 7.70. The maximum Gasteiger partial charge on any atom is 0.387 e. The molecule has 0 spiro atoms. The van der Waals surface area contributed by atoms with Crippen molar-refractivity contribution < 1.29 is 31.4 Å². The van der Waals surface area contributed by atoms with E-state index >= 15 is 4.39 Å². The lowest BCUT2D eigenvalue weighted by Gasteiger charge is -2.36. The molecule has 2 bridgehead atoms. The predicted octanol–water partition coefficient (Wildman–Crippen LogP) is 4.81. The first-order chi connectivity index (χ1) is 18.9. The molecule has 1 aliphatic carbocycles. The van der Waals surface area contributed by atoms with Crippen LogP contribution in [0, 0.1) is 5.82 Å². The van der Waals surface area contributed by atoms with Crippen molar-refractivity contribution in [3.05, 3.63) is 65.8 Å². The molecule has 4 heterocycles. The fourth-order valence-electron chi connectivity index (χ4n) is 5.84. The van der Waals surface area contributed by atoms with Gasteiger partial charge in [0.15, 0.2) is 5.82 Å². The molecule has 0 saturated heterocycles. The molecule has 0 radical (unpaired) electrons. The Morgan fingerprint density at radius 3 is 2.50 bits per heavy atom. The third kappa shape index (κ3) is 3.70. The van der Waals surface area contributed by atoms with Crippen LogP contribution in [-0.2, 0) is 15.6 Å². The van der Waals surface area contributed by atoms with Crippen LogP contribution in [0.3, 0.4) is 0 Å². The molecule has 7 rings (SSSR count). The summed E-state index contributed by atoms with van der Waals surface area (Å²) in [4.78, 5) is 13.0. The average molecular weight is 572 g/mol. The molecule has 2 aliphatic heterocycles. The van der Waals surface area contributed by atoms with Crippen molar-refractivity contribution in [1.29, 1.82) is 0 Å². The number of aliphatic hydroxyl groups is 1. The van der Waals surface area contributed by atoms with Crippen LogP contribution in [0.2, 0.25) is 0 Å². The van der Waals surface area contributed by atoms with Gasteiger partial charge in [-0.1, -0.05) is 6.07 Å². The summed E-state index contributed by atoms with van der Waals surface area (Å²) < 4.78 is 77.5. The molecular formula is C27H24F3N5O4S. The Kier molecular flexibility index (Phi) is 5.31. The number of ether oxygens (including phenoxy) is 1. The molecule has 2 aromatic carbocycles. The fraction of sp³-hybridized carbons (Fsp3) is 0.370. The van der Waals surface area contributed by atoms with Crippen molar-refractivity contribution in [2.45, 2.75) is 62.7 Å². The SMILES string of the molecule is CC(C)(O)c1ncc(-c2cc3c(cc2F)nc2n3[C@@H]3C[C@H]2N(S(=O)(=O)C2CC2)c2cccc(OC(F)F)c23)cn1. The molecule has 0 amide bonds. The molecule has 1 saturated carbocycles. The topological polar surface area (TPSA) is 110 Å². The third-order valence-corrected chi connectivity index (χ3v) is 10.0. The van der Waals surface area contributed by atoms with E-state index in [2.05, 4.69) is 15.0 Å². The van der Waals surface area contributed by atoms with Crippen molar-refractivity contribution in [1.82, 2.24) is 19.5 Å². The summed E-state index contributed by atoms with van der Waals surface area (Å²) in [5.74, 6) is -0.108. The molecule has 9 nitrogen and oxygen atoms in total. The normalized spacial score (nSPS) is 20.2. The van der Waals surface area contributed by atoms with Crippen LogP contribution in [-0.4, -0.2) is 44.9 Å². The van der Waals surface area contributed by atoms with E-state index in [9.17, 15) is 22.3 Å². The van der Waals surface area contributed by atoms with E-state index in [0.717, 1.165) is 0 Å². The minimum atomic E-state index is -3.81. The largest absolute Gasteiger partial charge is 0.434 e. The molecule has 3 aliphatic rings. The number of nitrogens with zero attached hydrogens (tertiary/aromatic N) is 5. The second kappa shape index (κ2) is 8.40. The first-order valence-electron chi connectivity index (χ1n) is 12.8. The number of aromatic nitrogens is 4. The number of anilines is 1. The molecule has 208 valence electrons. The van der Waals surface area contributed by atoms with Crippen LogP contribution in [0.4, 0.5) is 18.9 Å². The van der Waals surface area contributed by atoms with Gasteiger partial charge in [0.2, 0.25) is 10.0 Å². The summed E-state index contributed by atoms with van der Waals surface area (Å²) in [5, 5.41) is 9.62. The van der Waals surface area contributed by atoms with E-state index in [1.54, 1.807) is 30.5 Å². The van der Waals surface area contributed by atoms with Gasteiger partial charge in [0.1, 0.15) is 29.0 Å². The summed E-state index contributed by atoms with van der Waals surface area (Å²) in [6.45, 7) is -0.0249. The van der Waals surface area contributed by atoms with Gasteiger partial charge in [-0.05, 0) is 44.9 Å². The summed E-state index contributed by atoms with van der Waals surface area (Å²) in [6, 6.07) is 6.11. The highest BCUT2D eigenvalue weighted by Crippen LogP contribution is 2.57. The van der Waals surface area contributed by atoms with E-state index in [0.29, 0.717) is 46.5 Å². The number of benzene rings is 2. The molecule has 13 heteroatoms. The van der Waals surface area contributed by atoms with Gasteiger partial charge in [-0.2, -0.15) is 8.78 Å². The average Bonchev–Trinajstić information content (AvgIpc) is 3.63. The summed E-state index contributed by atoms with van der Waals surface area (Å²) in [6.07, 6.45) is 4.15. The summed E-state index contributed by atoms with van der Waals surface area (Å²) in [7, 11) is -3.81. The van der Waals surface area contributed by atoms with Gasteiger partial charge in [-0.25, -0.2) is 27.8 Å². The second-order valence-corrected chi connectivity index (χ2v) is 13.0. The first kappa shape index (κ1) is 25.3. The Morgan fingerprint density at radius 1 is 1.12 bits per heavy atom. The Balaban J connectivity index is 1.43. The maximum absolute atomic E-state index is 15.4. The first-order valence-corrected chi connectivity index (χ1v) is 14.3. The molecule has 4 aromatic rings. The zero-order chi connectivity index (χ0) is 28.1. The van der Waals surface area contributed by atoms with Gasteiger partial charge in [-0.3, -0.25) is 4.31 Å². The molecular weight excluding hydrogens is 547 g/mol. The van der Waals surface area contributed by atoms with Gasteiger partial charge < -0.3 is 14.4 Å². The molecule has 1 N–H and O–H groups in total. The minimum absolute atomic E-state index is 0.111. The van der Waals surface area contributed by atoms with Crippen LogP contribution in [0.25, 0.3) is 22.2 Å². The smallest absolute Gasteiger partial charge is 0.387 e. The van der Waals surface area contributed by atoms with E-state index in [4.69, 9.17) is 4.74 Å². The van der Waals surface area contributed by atoms with Crippen LogP contribution < -0.4 is 9.04 Å². The van der Waals surface area contributed by atoms with Crippen molar-refractivity contribution in [2.24, 2.45) is 0 Å². The fourth-order valence-corrected chi connectivity index (χ4v) is 7.86. The van der Waals surface area contributed by atoms with E-state index < -0.39 is 45.4 Å². The highest BCUT2D eigenvalue weighted by molar-refractivity contribution is 7.93. The van der Waals surface area contributed by atoms with Crippen LogP contribution in [0.15, 0.2) is 42.7 Å². The quantitative estimate of drug-likeness (QED) is 0.354. The van der Waals surface area contributed by atoms with Crippen molar-refractivity contribution in [3.63, 3.8) is 0 Å². The predicted molar refractivity (Wildman–Crippen MR) is 139 cm³/mol. The Bertz CT molecular complexity index is 1780. The Hall–Kier alpha value is -3.71. The lowest BCUT2D eigenvalue weighted by Crippen LogP contribution is -2.39. The van der Waals surface area contributed by atoms with E-state index in [1.807, 2.05) is 0 Å². The van der Waals surface area contributed by atoms with Gasteiger partial charge >= 0.3 is 6.61 Å². The molecule has 40 heavy (non-hydrogen) atoms. The highest BCUT2D eigenvalue weighted by Gasteiger charge is 2.53. The monoisotopic (exact) mass is 571 g/mol. The standard InChI is InChI=1S/C27H24F3N5O4S/c1-27(2,36)25-31-11-13(12-32-25)15-8-19-17(9-16(15)28)33-24-21-10-20(34(19)24)23-18(4-3-5-22(23)39-26(29)30)35(21)40(37,38)14-6-7-14/h3-5,8-9,11-12,14,20-21,26,36H,6-7,10H2,1-2H3/t20-,21-/m1/s1. The number of halogens is 3. The number of hydrogen-bond acceptors (Lipinski definition) is 7. The van der Waals surface area contributed by atoms with Gasteiger partial charge in [0, 0.05) is 41.6 Å². The van der Waals surface area contributed by atoms with Crippen molar-refractivity contribution >= 4 is 26.7 Å². The van der Waals surface area contributed by atoms with Gasteiger partial charge in [0.05, 0.1) is 28.0 Å². The zero-order valence-electron chi connectivity index (χ0n) is 21.4. The van der Waals surface area contributed by atoms with Crippen LogP contribution in [0.1, 0.15) is 62.4 Å². The maximum atomic E-state index is 15.4. The molecule has 2 aromatic heterocycles.